The Kier molecular flexibility index (Phi) is 7.85. The number of esters is 1. The predicted octanol–water partition coefficient (Wildman–Crippen LogP) is 5.83. The second kappa shape index (κ2) is 12.0. The number of benzene rings is 4. The SMILES string of the molecule is COC(=O)CC(c1ccccc1OCCc1ccc2c(c1)CCO2)c1c(O)c(O)c(O)c2c(=O)cc(-c3ccccc3)oc12. The largest absolute Gasteiger partial charge is 0.504 e. The van der Waals surface area contributed by atoms with Crippen LogP contribution in [0.3, 0.4) is 0 Å². The fourth-order valence-electron chi connectivity index (χ4n) is 5.63. The second-order valence-electron chi connectivity index (χ2n) is 10.5. The molecular formula is C35H30O9. The van der Waals surface area contributed by atoms with Gasteiger partial charge in [-0.1, -0.05) is 60.7 Å². The van der Waals surface area contributed by atoms with Crippen molar-refractivity contribution in [2.24, 2.45) is 0 Å². The van der Waals surface area contributed by atoms with E-state index >= 15 is 0 Å². The fraction of sp³-hybridized carbons (Fsp3) is 0.200. The van der Waals surface area contributed by atoms with Crippen LogP contribution in [-0.4, -0.2) is 41.6 Å². The fourth-order valence-corrected chi connectivity index (χ4v) is 5.63. The number of phenolic OH excluding ortho intramolecular Hbond substituents is 3. The molecule has 0 amide bonds. The van der Waals surface area contributed by atoms with Gasteiger partial charge in [-0.2, -0.15) is 0 Å². The minimum Gasteiger partial charge on any atom is -0.504 e. The van der Waals surface area contributed by atoms with Crippen LogP contribution in [0.2, 0.25) is 0 Å². The standard InChI is InChI=1S/C35H30O9/c1-41-29(37)18-24(23-9-5-6-10-27(23)43-15-13-20-11-12-26-22(17-20)14-16-42-26)30-32(38)34(40)33(39)31-25(36)19-28(44-35(30)31)21-7-3-2-4-8-21/h2-12,17,19,24,38-40H,13-16,18H2,1H3. The monoisotopic (exact) mass is 594 g/mol. The molecule has 224 valence electrons. The van der Waals surface area contributed by atoms with Crippen molar-refractivity contribution in [3.8, 4) is 40.1 Å². The molecule has 0 aliphatic carbocycles. The van der Waals surface area contributed by atoms with Gasteiger partial charge in [0.2, 0.25) is 5.75 Å². The van der Waals surface area contributed by atoms with E-state index in [1.54, 1.807) is 48.5 Å². The van der Waals surface area contributed by atoms with E-state index in [1.807, 2.05) is 18.2 Å². The van der Waals surface area contributed by atoms with Crippen molar-refractivity contribution in [2.75, 3.05) is 20.3 Å². The summed E-state index contributed by atoms with van der Waals surface area (Å²) in [6.07, 6.45) is 1.17. The summed E-state index contributed by atoms with van der Waals surface area (Å²) in [7, 11) is 1.24. The Morgan fingerprint density at radius 2 is 1.70 bits per heavy atom. The number of methoxy groups -OCH3 is 1. The molecule has 0 bridgehead atoms. The molecular weight excluding hydrogens is 564 g/mol. The molecule has 44 heavy (non-hydrogen) atoms. The van der Waals surface area contributed by atoms with Gasteiger partial charge in [0.25, 0.3) is 0 Å². The van der Waals surface area contributed by atoms with E-state index in [1.165, 1.54) is 13.2 Å². The second-order valence-corrected chi connectivity index (χ2v) is 10.5. The Bertz CT molecular complexity index is 1910. The topological polar surface area (TPSA) is 136 Å². The molecule has 1 unspecified atom stereocenters. The lowest BCUT2D eigenvalue weighted by molar-refractivity contribution is -0.140. The van der Waals surface area contributed by atoms with Crippen LogP contribution in [0, 0.1) is 0 Å². The molecule has 9 nitrogen and oxygen atoms in total. The van der Waals surface area contributed by atoms with Crippen LogP contribution in [0.15, 0.2) is 88.1 Å². The highest BCUT2D eigenvalue weighted by Crippen LogP contribution is 2.50. The van der Waals surface area contributed by atoms with E-state index in [9.17, 15) is 24.9 Å². The molecule has 4 aromatic carbocycles. The normalized spacial score (nSPS) is 12.8. The summed E-state index contributed by atoms with van der Waals surface area (Å²) in [5, 5.41) is 32.4. The Morgan fingerprint density at radius 3 is 2.50 bits per heavy atom. The molecule has 3 N–H and O–H groups in total. The van der Waals surface area contributed by atoms with Crippen molar-refractivity contribution in [1.82, 2.24) is 0 Å². The van der Waals surface area contributed by atoms with E-state index in [0.29, 0.717) is 36.5 Å². The third-order valence-corrected chi connectivity index (χ3v) is 7.83. The first-order chi connectivity index (χ1) is 21.4. The van der Waals surface area contributed by atoms with Crippen LogP contribution < -0.4 is 14.9 Å². The molecule has 0 fully saturated rings. The lowest BCUT2D eigenvalue weighted by atomic mass is 9.85. The van der Waals surface area contributed by atoms with Crippen LogP contribution in [0.4, 0.5) is 0 Å². The van der Waals surface area contributed by atoms with Gasteiger partial charge in [0.05, 0.1) is 26.7 Å². The van der Waals surface area contributed by atoms with Gasteiger partial charge in [-0.3, -0.25) is 9.59 Å². The zero-order valence-corrected chi connectivity index (χ0v) is 23.9. The maximum atomic E-state index is 13.3. The summed E-state index contributed by atoms with van der Waals surface area (Å²) in [5.41, 5.74) is 2.43. The quantitative estimate of drug-likeness (QED) is 0.142. The molecule has 0 saturated carbocycles. The summed E-state index contributed by atoms with van der Waals surface area (Å²) in [5.74, 6) is -2.57. The molecule has 0 spiro atoms. The number of hydrogen-bond acceptors (Lipinski definition) is 9. The lowest BCUT2D eigenvalue weighted by Crippen LogP contribution is -2.14. The van der Waals surface area contributed by atoms with Crippen LogP contribution >= 0.6 is 0 Å². The molecule has 1 aromatic heterocycles. The average Bonchev–Trinajstić information content (AvgIpc) is 3.52. The highest BCUT2D eigenvalue weighted by atomic mass is 16.5. The number of rotatable bonds is 9. The van der Waals surface area contributed by atoms with Gasteiger partial charge >= 0.3 is 5.97 Å². The Balaban J connectivity index is 1.45. The highest BCUT2D eigenvalue weighted by Gasteiger charge is 2.32. The summed E-state index contributed by atoms with van der Waals surface area (Å²) < 4.78 is 23.0. The maximum absolute atomic E-state index is 13.3. The number of phenols is 3. The van der Waals surface area contributed by atoms with E-state index in [-0.39, 0.29) is 28.7 Å². The summed E-state index contributed by atoms with van der Waals surface area (Å²) in [6, 6.07) is 23.1. The van der Waals surface area contributed by atoms with Crippen molar-refractivity contribution >= 4 is 16.9 Å². The molecule has 1 aliphatic heterocycles. The van der Waals surface area contributed by atoms with Crippen LogP contribution in [0.5, 0.6) is 28.7 Å². The predicted molar refractivity (Wildman–Crippen MR) is 163 cm³/mol. The summed E-state index contributed by atoms with van der Waals surface area (Å²) in [4.78, 5) is 26.1. The first-order valence-electron chi connectivity index (χ1n) is 14.2. The van der Waals surface area contributed by atoms with Gasteiger partial charge in [-0.15, -0.1) is 0 Å². The van der Waals surface area contributed by atoms with E-state index in [2.05, 4.69) is 6.07 Å². The molecule has 1 atom stereocenters. The molecule has 1 aliphatic rings. The van der Waals surface area contributed by atoms with Crippen molar-refractivity contribution in [1.29, 1.82) is 0 Å². The molecule has 6 rings (SSSR count). The van der Waals surface area contributed by atoms with E-state index in [0.717, 1.165) is 23.3 Å². The minimum atomic E-state index is -1.00. The Hall–Kier alpha value is -5.44. The van der Waals surface area contributed by atoms with E-state index in [4.69, 9.17) is 18.6 Å². The van der Waals surface area contributed by atoms with Crippen molar-refractivity contribution in [3.05, 3.63) is 111 Å². The smallest absolute Gasteiger partial charge is 0.306 e. The zero-order chi connectivity index (χ0) is 30.8. The van der Waals surface area contributed by atoms with Gasteiger partial charge in [-0.05, 0) is 23.3 Å². The lowest BCUT2D eigenvalue weighted by Gasteiger charge is -2.23. The third kappa shape index (κ3) is 5.40. The third-order valence-electron chi connectivity index (χ3n) is 7.83. The van der Waals surface area contributed by atoms with Crippen LogP contribution in [0.25, 0.3) is 22.3 Å². The molecule has 0 saturated heterocycles. The summed E-state index contributed by atoms with van der Waals surface area (Å²) in [6.45, 7) is 0.980. The van der Waals surface area contributed by atoms with Gasteiger partial charge in [0, 0.05) is 41.5 Å². The average molecular weight is 595 g/mol. The van der Waals surface area contributed by atoms with Crippen LogP contribution in [0.1, 0.15) is 34.6 Å². The highest BCUT2D eigenvalue weighted by molar-refractivity contribution is 5.94. The van der Waals surface area contributed by atoms with E-state index < -0.39 is 34.6 Å². The number of ether oxygens (including phenoxy) is 3. The zero-order valence-electron chi connectivity index (χ0n) is 23.9. The first-order valence-corrected chi connectivity index (χ1v) is 14.2. The van der Waals surface area contributed by atoms with Gasteiger partial charge in [0.1, 0.15) is 28.2 Å². The van der Waals surface area contributed by atoms with Gasteiger partial charge in [0.15, 0.2) is 16.9 Å². The number of hydrogen-bond donors (Lipinski definition) is 3. The van der Waals surface area contributed by atoms with Gasteiger partial charge < -0.3 is 33.9 Å². The van der Waals surface area contributed by atoms with Crippen LogP contribution in [-0.2, 0) is 22.4 Å². The Labute approximate surface area is 252 Å². The number of aromatic hydroxyl groups is 3. The van der Waals surface area contributed by atoms with Crippen molar-refractivity contribution in [2.45, 2.75) is 25.2 Å². The number of para-hydroxylation sites is 1. The minimum absolute atomic E-state index is 0.0646. The molecule has 0 radical (unpaired) electrons. The Morgan fingerprint density at radius 1 is 0.932 bits per heavy atom. The number of carbonyl (C=O) groups is 1. The van der Waals surface area contributed by atoms with Crippen molar-refractivity contribution in [3.63, 3.8) is 0 Å². The molecule has 5 aromatic rings. The van der Waals surface area contributed by atoms with Crippen molar-refractivity contribution < 1.29 is 38.7 Å². The number of fused-ring (bicyclic) bond motifs is 2. The summed E-state index contributed by atoms with van der Waals surface area (Å²) >= 11 is 0. The number of carbonyl (C=O) groups excluding carboxylic acids is 1. The molecule has 9 heteroatoms. The molecule has 2 heterocycles. The first kappa shape index (κ1) is 28.7. The maximum Gasteiger partial charge on any atom is 0.306 e. The van der Waals surface area contributed by atoms with Gasteiger partial charge in [-0.25, -0.2) is 0 Å².